The van der Waals surface area contributed by atoms with Crippen LogP contribution in [0.4, 0.5) is 0 Å². The van der Waals surface area contributed by atoms with Gasteiger partial charge >= 0.3 is 8.03 Å². The Bertz CT molecular complexity index is 400. The Morgan fingerprint density at radius 1 is 1.33 bits per heavy atom. The lowest BCUT2D eigenvalue weighted by Crippen LogP contribution is -2.28. The molecule has 0 aromatic heterocycles. The Morgan fingerprint density at radius 2 is 1.93 bits per heavy atom. The summed E-state index contributed by atoms with van der Waals surface area (Å²) in [6.07, 6.45) is 1.12. The predicted molar refractivity (Wildman–Crippen MR) is 55.8 cm³/mol. The van der Waals surface area contributed by atoms with Crippen LogP contribution in [0.3, 0.4) is 0 Å². The topological polar surface area (TPSA) is 69.4 Å². The highest BCUT2D eigenvalue weighted by molar-refractivity contribution is 7.43. The van der Waals surface area contributed by atoms with Gasteiger partial charge in [0.25, 0.3) is 11.1 Å². The maximum atomic E-state index is 11.8. The van der Waals surface area contributed by atoms with Crippen LogP contribution in [0.2, 0.25) is 0 Å². The SMILES string of the molecule is NC(=O)C1([P+](=O)Oc2ccccc2)CC1. The van der Waals surface area contributed by atoms with E-state index in [0.717, 1.165) is 0 Å². The molecule has 0 heterocycles. The molecule has 5 heteroatoms. The minimum atomic E-state index is -2.05. The molecule has 2 rings (SSSR count). The molecule has 2 N–H and O–H groups in total. The highest BCUT2D eigenvalue weighted by atomic mass is 31.1. The summed E-state index contributed by atoms with van der Waals surface area (Å²) in [7, 11) is -2.05. The molecule has 0 spiro atoms. The minimum Gasteiger partial charge on any atom is -0.365 e. The van der Waals surface area contributed by atoms with Crippen LogP contribution in [0, 0.1) is 0 Å². The normalized spacial score (nSPS) is 18.0. The van der Waals surface area contributed by atoms with Crippen molar-refractivity contribution in [2.75, 3.05) is 0 Å². The third-order valence-electron chi connectivity index (χ3n) is 2.46. The molecule has 1 atom stereocenters. The number of nitrogens with two attached hydrogens (primary N) is 1. The van der Waals surface area contributed by atoms with Crippen LogP contribution in [-0.2, 0) is 9.36 Å². The van der Waals surface area contributed by atoms with E-state index in [1.54, 1.807) is 24.3 Å². The number of carbonyl (C=O) groups is 1. The lowest BCUT2D eigenvalue weighted by Gasteiger charge is -1.97. The van der Waals surface area contributed by atoms with Gasteiger partial charge in [-0.15, -0.1) is 0 Å². The quantitative estimate of drug-likeness (QED) is 0.793. The second-order valence-electron chi connectivity index (χ2n) is 3.56. The maximum Gasteiger partial charge on any atom is 0.572 e. The van der Waals surface area contributed by atoms with Crippen molar-refractivity contribution < 1.29 is 13.9 Å². The van der Waals surface area contributed by atoms with Gasteiger partial charge in [-0.3, -0.25) is 9.32 Å². The van der Waals surface area contributed by atoms with Crippen LogP contribution in [0.15, 0.2) is 30.3 Å². The Kier molecular flexibility index (Phi) is 2.45. The van der Waals surface area contributed by atoms with Crippen molar-refractivity contribution in [2.24, 2.45) is 5.73 Å². The van der Waals surface area contributed by atoms with E-state index in [2.05, 4.69) is 0 Å². The van der Waals surface area contributed by atoms with E-state index >= 15 is 0 Å². The van der Waals surface area contributed by atoms with Gasteiger partial charge in [0.15, 0.2) is 5.75 Å². The van der Waals surface area contributed by atoms with Gasteiger partial charge in [-0.05, 0) is 16.7 Å². The van der Waals surface area contributed by atoms with Crippen LogP contribution in [0.1, 0.15) is 12.8 Å². The number of benzene rings is 1. The van der Waals surface area contributed by atoms with Gasteiger partial charge in [0.05, 0.1) is 0 Å². The summed E-state index contributed by atoms with van der Waals surface area (Å²) in [5.41, 5.74) is 5.18. The van der Waals surface area contributed by atoms with Crippen LogP contribution in [0.25, 0.3) is 0 Å². The summed E-state index contributed by atoms with van der Waals surface area (Å²) >= 11 is 0. The van der Waals surface area contributed by atoms with Crippen molar-refractivity contribution >= 4 is 13.9 Å². The number of para-hydroxylation sites is 1. The first kappa shape index (κ1) is 10.1. The van der Waals surface area contributed by atoms with Gasteiger partial charge in [-0.25, -0.2) is 0 Å². The van der Waals surface area contributed by atoms with E-state index in [-0.39, 0.29) is 0 Å². The molecule has 1 saturated carbocycles. The smallest absolute Gasteiger partial charge is 0.365 e. The Hall–Kier alpha value is -1.41. The largest absolute Gasteiger partial charge is 0.572 e. The molecule has 4 nitrogen and oxygen atoms in total. The number of rotatable bonds is 4. The fourth-order valence-electron chi connectivity index (χ4n) is 1.30. The van der Waals surface area contributed by atoms with E-state index in [1.807, 2.05) is 6.07 Å². The van der Waals surface area contributed by atoms with Crippen LogP contribution >= 0.6 is 8.03 Å². The van der Waals surface area contributed by atoms with E-state index < -0.39 is 19.1 Å². The second-order valence-corrected chi connectivity index (χ2v) is 5.11. The zero-order chi connectivity index (χ0) is 10.9. The standard InChI is InChI=1S/C10H10NO3P/c11-9(12)10(6-7-10)15(13)14-8-4-2-1-3-5-8/h1-5H,6-7H2,(H-,11,12)/p+1. The van der Waals surface area contributed by atoms with E-state index in [0.29, 0.717) is 18.6 Å². The summed E-state index contributed by atoms with van der Waals surface area (Å²) in [6, 6.07) is 8.79. The Balaban J connectivity index is 2.08. The van der Waals surface area contributed by atoms with Crippen molar-refractivity contribution in [1.29, 1.82) is 0 Å². The van der Waals surface area contributed by atoms with Crippen molar-refractivity contribution in [3.05, 3.63) is 30.3 Å². The number of hydrogen-bond acceptors (Lipinski definition) is 3. The van der Waals surface area contributed by atoms with Gasteiger partial charge in [0.2, 0.25) is 0 Å². The van der Waals surface area contributed by atoms with Gasteiger partial charge in [0, 0.05) is 12.8 Å². The third kappa shape index (κ3) is 1.85. The number of primary amides is 1. The van der Waals surface area contributed by atoms with Gasteiger partial charge < -0.3 is 5.73 Å². The van der Waals surface area contributed by atoms with Crippen molar-refractivity contribution in [3.63, 3.8) is 0 Å². The fourth-order valence-corrected chi connectivity index (χ4v) is 2.45. The lowest BCUT2D eigenvalue weighted by molar-refractivity contribution is -0.118. The third-order valence-corrected chi connectivity index (χ3v) is 4.21. The molecule has 1 aromatic rings. The van der Waals surface area contributed by atoms with Crippen molar-refractivity contribution in [1.82, 2.24) is 0 Å². The molecule has 1 fully saturated rings. The molecular formula is C10H11NO3P+. The van der Waals surface area contributed by atoms with E-state index in [1.165, 1.54) is 0 Å². The fraction of sp³-hybridized carbons (Fsp3) is 0.300. The predicted octanol–water partition coefficient (Wildman–Crippen LogP) is 1.83. The molecule has 1 unspecified atom stereocenters. The molecule has 0 radical (unpaired) electrons. The Labute approximate surface area is 88.3 Å². The van der Waals surface area contributed by atoms with Gasteiger partial charge in [-0.1, -0.05) is 18.2 Å². The van der Waals surface area contributed by atoms with E-state index in [4.69, 9.17) is 10.3 Å². The summed E-state index contributed by atoms with van der Waals surface area (Å²) in [6.45, 7) is 0. The summed E-state index contributed by atoms with van der Waals surface area (Å²) in [5, 5.41) is -0.912. The molecule has 1 amide bonds. The van der Waals surface area contributed by atoms with Gasteiger partial charge in [-0.2, -0.15) is 0 Å². The first-order chi connectivity index (χ1) is 7.15. The maximum absolute atomic E-state index is 11.8. The molecule has 1 aliphatic carbocycles. The van der Waals surface area contributed by atoms with Crippen LogP contribution in [0.5, 0.6) is 5.75 Å². The zero-order valence-electron chi connectivity index (χ0n) is 8.05. The van der Waals surface area contributed by atoms with Crippen molar-refractivity contribution in [2.45, 2.75) is 18.0 Å². The Morgan fingerprint density at radius 3 is 2.40 bits per heavy atom. The molecule has 1 aliphatic rings. The monoisotopic (exact) mass is 224 g/mol. The minimum absolute atomic E-state index is 0.506. The van der Waals surface area contributed by atoms with Crippen molar-refractivity contribution in [3.8, 4) is 5.75 Å². The van der Waals surface area contributed by atoms with E-state index in [9.17, 15) is 9.36 Å². The molecule has 0 bridgehead atoms. The van der Waals surface area contributed by atoms with Crippen LogP contribution in [-0.4, -0.2) is 11.1 Å². The van der Waals surface area contributed by atoms with Crippen LogP contribution < -0.4 is 10.3 Å². The molecule has 78 valence electrons. The summed E-state index contributed by atoms with van der Waals surface area (Å²) in [4.78, 5) is 11.1. The molecule has 0 aliphatic heterocycles. The molecule has 0 saturated heterocycles. The average molecular weight is 224 g/mol. The lowest BCUT2D eigenvalue weighted by atomic mass is 10.3. The average Bonchev–Trinajstić information content (AvgIpc) is 2.99. The first-order valence-electron chi connectivity index (χ1n) is 4.65. The van der Waals surface area contributed by atoms with Gasteiger partial charge in [0.1, 0.15) is 0 Å². The number of hydrogen-bond donors (Lipinski definition) is 1. The number of amides is 1. The highest BCUT2D eigenvalue weighted by Crippen LogP contribution is 2.57. The number of carbonyl (C=O) groups excluding carboxylic acids is 1. The zero-order valence-corrected chi connectivity index (χ0v) is 8.94. The summed E-state index contributed by atoms with van der Waals surface area (Å²) in [5.74, 6) is -0.0225. The first-order valence-corrected chi connectivity index (χ1v) is 5.83. The molecule has 15 heavy (non-hydrogen) atoms. The summed E-state index contributed by atoms with van der Waals surface area (Å²) < 4.78 is 17.0. The molecule has 1 aromatic carbocycles. The second kappa shape index (κ2) is 3.63. The highest BCUT2D eigenvalue weighted by Gasteiger charge is 2.68. The molecular weight excluding hydrogens is 213 g/mol.